The van der Waals surface area contributed by atoms with Crippen LogP contribution < -0.4 is 16.6 Å². The lowest BCUT2D eigenvalue weighted by Crippen LogP contribution is -2.36. The Bertz CT molecular complexity index is 1140. The largest absolute Gasteiger partial charge is 0.358 e. The van der Waals surface area contributed by atoms with Gasteiger partial charge in [0.25, 0.3) is 5.56 Å². The minimum Gasteiger partial charge on any atom is -0.358 e. The fraction of sp³-hybridized carbons (Fsp3) is 0.350. The number of carbonyl (C=O) groups excluding carboxylic acids is 1. The second-order valence-corrected chi connectivity index (χ2v) is 7.11. The van der Waals surface area contributed by atoms with Gasteiger partial charge in [-0.3, -0.25) is 14.2 Å². The first kappa shape index (κ1) is 17.3. The molecule has 7 heteroatoms. The Hall–Kier alpha value is -3.09. The maximum absolute atomic E-state index is 12.2. The van der Waals surface area contributed by atoms with Crippen molar-refractivity contribution in [2.45, 2.75) is 38.6 Å². The Balaban J connectivity index is 1.47. The molecular formula is C20H22N4O3. The lowest BCUT2D eigenvalue weighted by molar-refractivity contribution is -0.120. The predicted molar refractivity (Wildman–Crippen MR) is 103 cm³/mol. The Morgan fingerprint density at radius 2 is 2.04 bits per heavy atom. The van der Waals surface area contributed by atoms with Gasteiger partial charge in [0.15, 0.2) is 0 Å². The summed E-state index contributed by atoms with van der Waals surface area (Å²) < 4.78 is 0.964. The Kier molecular flexibility index (Phi) is 4.43. The van der Waals surface area contributed by atoms with E-state index in [2.05, 4.69) is 27.4 Å². The molecule has 1 aliphatic carbocycles. The third-order valence-electron chi connectivity index (χ3n) is 5.26. The number of fused-ring (bicyclic) bond motifs is 3. The van der Waals surface area contributed by atoms with Crippen LogP contribution in [-0.2, 0) is 37.6 Å². The van der Waals surface area contributed by atoms with Crippen LogP contribution in [0.4, 0.5) is 0 Å². The van der Waals surface area contributed by atoms with E-state index in [0.717, 1.165) is 28.5 Å². The molecule has 0 unspecified atom stereocenters. The van der Waals surface area contributed by atoms with E-state index in [0.29, 0.717) is 6.54 Å². The molecule has 0 saturated carbocycles. The van der Waals surface area contributed by atoms with E-state index in [1.807, 2.05) is 6.07 Å². The summed E-state index contributed by atoms with van der Waals surface area (Å²) in [6, 6.07) is 6.20. The van der Waals surface area contributed by atoms with Crippen LogP contribution >= 0.6 is 0 Å². The van der Waals surface area contributed by atoms with E-state index in [1.54, 1.807) is 0 Å². The third-order valence-corrected chi connectivity index (χ3v) is 5.26. The summed E-state index contributed by atoms with van der Waals surface area (Å²) in [7, 11) is 1.38. The fourth-order valence-electron chi connectivity index (χ4n) is 3.74. The molecule has 140 valence electrons. The molecule has 0 fully saturated rings. The average Bonchev–Trinajstić information content (AvgIpc) is 3.05. The van der Waals surface area contributed by atoms with Gasteiger partial charge in [0.1, 0.15) is 0 Å². The summed E-state index contributed by atoms with van der Waals surface area (Å²) in [6.07, 6.45) is 5.89. The van der Waals surface area contributed by atoms with Crippen LogP contribution in [0, 0.1) is 0 Å². The lowest BCUT2D eigenvalue weighted by Gasteiger charge is -2.11. The minimum absolute atomic E-state index is 0.0642. The topological polar surface area (TPSA) is 99.8 Å². The molecule has 1 amide bonds. The van der Waals surface area contributed by atoms with Crippen molar-refractivity contribution in [3.63, 3.8) is 0 Å². The van der Waals surface area contributed by atoms with Crippen molar-refractivity contribution in [3.05, 3.63) is 67.6 Å². The van der Waals surface area contributed by atoms with Crippen molar-refractivity contribution in [2.75, 3.05) is 0 Å². The Labute approximate surface area is 155 Å². The molecule has 0 atom stereocenters. The molecule has 2 heterocycles. The van der Waals surface area contributed by atoms with E-state index in [9.17, 15) is 14.4 Å². The monoisotopic (exact) mass is 366 g/mol. The molecular weight excluding hydrogens is 344 g/mol. The van der Waals surface area contributed by atoms with Crippen molar-refractivity contribution in [2.24, 2.45) is 7.05 Å². The second-order valence-electron chi connectivity index (χ2n) is 7.11. The summed E-state index contributed by atoms with van der Waals surface area (Å²) in [4.78, 5) is 41.6. The highest BCUT2D eigenvalue weighted by molar-refractivity contribution is 5.86. The number of carbonyl (C=O) groups is 1. The van der Waals surface area contributed by atoms with Crippen LogP contribution in [0.1, 0.15) is 35.2 Å². The van der Waals surface area contributed by atoms with Gasteiger partial charge in [-0.1, -0.05) is 6.07 Å². The molecule has 2 aromatic heterocycles. The average molecular weight is 366 g/mol. The highest BCUT2D eigenvalue weighted by Crippen LogP contribution is 2.29. The first-order valence-electron chi connectivity index (χ1n) is 9.19. The molecule has 3 aromatic rings. The molecule has 27 heavy (non-hydrogen) atoms. The number of nitrogens with zero attached hydrogens (tertiary/aromatic N) is 1. The van der Waals surface area contributed by atoms with Gasteiger partial charge >= 0.3 is 5.69 Å². The zero-order chi connectivity index (χ0) is 19.0. The molecule has 1 aliphatic rings. The van der Waals surface area contributed by atoms with Crippen LogP contribution in [0.2, 0.25) is 0 Å². The van der Waals surface area contributed by atoms with Crippen LogP contribution in [-0.4, -0.2) is 20.4 Å². The number of aryl methyl sites for hydroxylation is 2. The van der Waals surface area contributed by atoms with Gasteiger partial charge in [0, 0.05) is 41.9 Å². The first-order chi connectivity index (χ1) is 13.0. The third kappa shape index (κ3) is 3.32. The van der Waals surface area contributed by atoms with E-state index in [4.69, 9.17) is 0 Å². The molecule has 0 saturated heterocycles. The number of rotatable bonds is 4. The van der Waals surface area contributed by atoms with Gasteiger partial charge < -0.3 is 15.3 Å². The van der Waals surface area contributed by atoms with Crippen molar-refractivity contribution in [1.29, 1.82) is 0 Å². The molecule has 0 radical (unpaired) electrons. The van der Waals surface area contributed by atoms with E-state index in [1.165, 1.54) is 42.7 Å². The molecule has 1 aromatic carbocycles. The van der Waals surface area contributed by atoms with Crippen molar-refractivity contribution in [1.82, 2.24) is 19.9 Å². The highest BCUT2D eigenvalue weighted by atomic mass is 16.2. The molecule has 0 bridgehead atoms. The van der Waals surface area contributed by atoms with Crippen LogP contribution in [0.15, 0.2) is 34.0 Å². The van der Waals surface area contributed by atoms with E-state index >= 15 is 0 Å². The lowest BCUT2D eigenvalue weighted by atomic mass is 9.95. The number of amides is 1. The first-order valence-corrected chi connectivity index (χ1v) is 9.19. The normalized spacial score (nSPS) is 13.5. The van der Waals surface area contributed by atoms with Gasteiger partial charge in [-0.15, -0.1) is 0 Å². The van der Waals surface area contributed by atoms with Crippen molar-refractivity contribution >= 4 is 16.8 Å². The maximum atomic E-state index is 12.2. The van der Waals surface area contributed by atoms with Crippen molar-refractivity contribution < 1.29 is 4.79 Å². The second kappa shape index (κ2) is 6.90. The number of aromatic amines is 2. The summed E-state index contributed by atoms with van der Waals surface area (Å²) in [5.74, 6) is -0.254. The number of aromatic nitrogens is 3. The van der Waals surface area contributed by atoms with Crippen LogP contribution in [0.5, 0.6) is 0 Å². The molecule has 7 nitrogen and oxygen atoms in total. The van der Waals surface area contributed by atoms with Crippen LogP contribution in [0.25, 0.3) is 10.9 Å². The van der Waals surface area contributed by atoms with Gasteiger partial charge in [-0.25, -0.2) is 4.79 Å². The summed E-state index contributed by atoms with van der Waals surface area (Å²) in [5, 5.41) is 4.10. The maximum Gasteiger partial charge on any atom is 0.328 e. The smallest absolute Gasteiger partial charge is 0.328 e. The Morgan fingerprint density at radius 3 is 2.89 bits per heavy atom. The summed E-state index contributed by atoms with van der Waals surface area (Å²) in [5.41, 5.74) is 4.24. The Morgan fingerprint density at radius 1 is 1.22 bits per heavy atom. The van der Waals surface area contributed by atoms with Gasteiger partial charge in [0.2, 0.25) is 5.91 Å². The van der Waals surface area contributed by atoms with Gasteiger partial charge in [0.05, 0.1) is 6.42 Å². The van der Waals surface area contributed by atoms with E-state index in [-0.39, 0.29) is 17.9 Å². The molecule has 0 spiro atoms. The van der Waals surface area contributed by atoms with Crippen LogP contribution in [0.3, 0.4) is 0 Å². The van der Waals surface area contributed by atoms with Gasteiger partial charge in [-0.2, -0.15) is 0 Å². The van der Waals surface area contributed by atoms with E-state index < -0.39 is 11.2 Å². The predicted octanol–water partition coefficient (Wildman–Crippen LogP) is 1.29. The molecule has 0 aliphatic heterocycles. The number of H-pyrrole nitrogens is 2. The zero-order valence-electron chi connectivity index (χ0n) is 15.2. The van der Waals surface area contributed by atoms with Gasteiger partial charge in [-0.05, 0) is 48.9 Å². The number of hydrogen-bond donors (Lipinski definition) is 3. The minimum atomic E-state index is -0.493. The van der Waals surface area contributed by atoms with Crippen molar-refractivity contribution in [3.8, 4) is 0 Å². The number of nitrogens with one attached hydrogen (secondary N) is 3. The summed E-state index contributed by atoms with van der Waals surface area (Å²) in [6.45, 7) is 0.401. The number of benzene rings is 1. The fourth-order valence-corrected chi connectivity index (χ4v) is 3.74. The molecule has 4 rings (SSSR count). The SMILES string of the molecule is Cn1c(=O)[nH]cc(CC(=O)NCc2ccc3[nH]c4c(c3c2)CCCC4)c1=O. The molecule has 3 N–H and O–H groups in total. The zero-order valence-corrected chi connectivity index (χ0v) is 15.2. The quantitative estimate of drug-likeness (QED) is 0.649. The standard InChI is InChI=1S/C20H22N4O3/c1-24-19(26)13(11-22-20(24)27)9-18(25)21-10-12-6-7-17-15(8-12)14-4-2-3-5-16(14)23-17/h6-8,11,23H,2-5,9-10H2,1H3,(H,21,25)(H,22,27). The number of hydrogen-bond acceptors (Lipinski definition) is 3. The summed E-state index contributed by atoms with van der Waals surface area (Å²) >= 11 is 0. The highest BCUT2D eigenvalue weighted by Gasteiger charge is 2.15.